The van der Waals surface area contributed by atoms with Gasteiger partial charge in [0.15, 0.2) is 0 Å². The highest BCUT2D eigenvalue weighted by Gasteiger charge is 2.60. The number of amidine groups is 1. The van der Waals surface area contributed by atoms with Crippen LogP contribution in [0.25, 0.3) is 0 Å². The first-order valence-corrected chi connectivity index (χ1v) is 16.5. The van der Waals surface area contributed by atoms with E-state index in [2.05, 4.69) is 0 Å². The second-order valence-corrected chi connectivity index (χ2v) is 14.3. The van der Waals surface area contributed by atoms with Crippen molar-refractivity contribution in [2.24, 2.45) is 10.9 Å². The standard InChI is InChI=1S/C35H43Cl2N5O4/c1-7-46-30-27(20-38-31(39-30)33(2,3)4)29-40-34(5,23-8-12-25(36)13-9-23)35(6,24-10-14-26(37)15-11-24)42(29)32(45)41-18-16-22(17-19-41)28(44)21-43/h8-15,20,22,28,43-44H,7,16-19,21H2,1-6H3/t28?,34-,35-/m0/s1. The van der Waals surface area contributed by atoms with E-state index in [0.29, 0.717) is 65.7 Å². The number of carbonyl (C=O) groups is 1. The van der Waals surface area contributed by atoms with E-state index in [9.17, 15) is 15.0 Å². The number of benzene rings is 2. The van der Waals surface area contributed by atoms with Crippen LogP contribution in [0.15, 0.2) is 59.7 Å². The topological polar surface area (TPSA) is 111 Å². The third kappa shape index (κ3) is 6.10. The Kier molecular flexibility index (Phi) is 9.72. The highest BCUT2D eigenvalue weighted by atomic mass is 35.5. The van der Waals surface area contributed by atoms with Crippen LogP contribution >= 0.6 is 23.2 Å². The lowest BCUT2D eigenvalue weighted by Gasteiger charge is -2.47. The maximum absolute atomic E-state index is 15.0. The summed E-state index contributed by atoms with van der Waals surface area (Å²) in [5.41, 5.74) is -0.211. The summed E-state index contributed by atoms with van der Waals surface area (Å²) in [6.07, 6.45) is 2.01. The first-order chi connectivity index (χ1) is 21.7. The van der Waals surface area contributed by atoms with E-state index in [0.717, 1.165) is 11.1 Å². The summed E-state index contributed by atoms with van der Waals surface area (Å²) in [4.78, 5) is 33.5. The van der Waals surface area contributed by atoms with Crippen LogP contribution < -0.4 is 4.74 Å². The van der Waals surface area contributed by atoms with Gasteiger partial charge >= 0.3 is 6.03 Å². The van der Waals surface area contributed by atoms with Gasteiger partial charge in [-0.2, -0.15) is 4.98 Å². The van der Waals surface area contributed by atoms with E-state index in [1.54, 1.807) is 16.0 Å². The number of halogens is 2. The number of carbonyl (C=O) groups excluding carboxylic acids is 1. The number of urea groups is 1. The zero-order valence-corrected chi connectivity index (χ0v) is 28.8. The summed E-state index contributed by atoms with van der Waals surface area (Å²) in [7, 11) is 0. The van der Waals surface area contributed by atoms with Gasteiger partial charge in [0.05, 0.1) is 24.9 Å². The van der Waals surface area contributed by atoms with E-state index in [1.807, 2.05) is 90.1 Å². The van der Waals surface area contributed by atoms with Crippen molar-refractivity contribution in [1.82, 2.24) is 19.8 Å². The van der Waals surface area contributed by atoms with Gasteiger partial charge in [-0.1, -0.05) is 68.2 Å². The minimum Gasteiger partial charge on any atom is -0.477 e. The van der Waals surface area contributed by atoms with Crippen LogP contribution in [0.1, 0.15) is 76.9 Å². The Morgan fingerprint density at radius 1 is 1.02 bits per heavy atom. The van der Waals surface area contributed by atoms with Gasteiger partial charge in [0, 0.05) is 34.7 Å². The summed E-state index contributed by atoms with van der Waals surface area (Å²) in [6.45, 7) is 12.9. The van der Waals surface area contributed by atoms with Crippen LogP contribution in [-0.4, -0.2) is 74.3 Å². The second kappa shape index (κ2) is 13.1. The van der Waals surface area contributed by atoms with E-state index in [4.69, 9.17) is 42.9 Å². The van der Waals surface area contributed by atoms with Crippen LogP contribution in [0.2, 0.25) is 10.0 Å². The Morgan fingerprint density at radius 3 is 2.11 bits per heavy atom. The van der Waals surface area contributed by atoms with Gasteiger partial charge in [-0.25, -0.2) is 9.78 Å². The number of piperidine rings is 1. The Labute approximate surface area is 281 Å². The number of aliphatic imine (C=N–C) groups is 1. The molecule has 0 saturated carbocycles. The number of nitrogens with zero attached hydrogens (tertiary/aromatic N) is 5. The number of likely N-dealkylation sites (tertiary alicyclic amines) is 1. The zero-order chi connectivity index (χ0) is 33.4. The second-order valence-electron chi connectivity index (χ2n) is 13.4. The molecule has 1 saturated heterocycles. The third-order valence-electron chi connectivity index (χ3n) is 9.43. The zero-order valence-electron chi connectivity index (χ0n) is 27.3. The van der Waals surface area contributed by atoms with Crippen molar-refractivity contribution in [2.75, 3.05) is 26.3 Å². The molecular formula is C35H43Cl2N5O4. The number of aliphatic hydroxyl groups excluding tert-OH is 2. The average Bonchev–Trinajstić information content (AvgIpc) is 3.28. The van der Waals surface area contributed by atoms with Gasteiger partial charge in [0.2, 0.25) is 5.88 Å². The molecule has 46 heavy (non-hydrogen) atoms. The van der Waals surface area contributed by atoms with Crippen molar-refractivity contribution in [1.29, 1.82) is 0 Å². The molecule has 3 aromatic rings. The molecule has 2 aliphatic rings. The number of aromatic nitrogens is 2. The van der Waals surface area contributed by atoms with Crippen LogP contribution in [0.3, 0.4) is 0 Å². The molecule has 5 rings (SSSR count). The van der Waals surface area contributed by atoms with Gasteiger partial charge in [-0.3, -0.25) is 9.89 Å². The van der Waals surface area contributed by atoms with Gasteiger partial charge in [-0.15, -0.1) is 0 Å². The summed E-state index contributed by atoms with van der Waals surface area (Å²) < 4.78 is 6.12. The minimum atomic E-state index is -1.06. The number of hydrogen-bond acceptors (Lipinski definition) is 7. The molecule has 1 fully saturated rings. The molecule has 0 aliphatic carbocycles. The number of rotatable bonds is 7. The fraction of sp³-hybridized carbons (Fsp3) is 0.486. The van der Waals surface area contributed by atoms with E-state index < -0.39 is 17.2 Å². The number of amides is 2. The highest BCUT2D eigenvalue weighted by Crippen LogP contribution is 2.54. The van der Waals surface area contributed by atoms with Gasteiger partial charge in [-0.05, 0) is 74.9 Å². The van der Waals surface area contributed by atoms with Gasteiger partial charge < -0.3 is 19.8 Å². The summed E-state index contributed by atoms with van der Waals surface area (Å²) in [5.74, 6) is 1.26. The van der Waals surface area contributed by atoms with Crippen LogP contribution in [-0.2, 0) is 16.5 Å². The van der Waals surface area contributed by atoms with E-state index in [1.165, 1.54) is 0 Å². The average molecular weight is 669 g/mol. The minimum absolute atomic E-state index is 0.0920. The molecule has 2 aromatic carbocycles. The monoisotopic (exact) mass is 667 g/mol. The molecule has 2 N–H and O–H groups in total. The van der Waals surface area contributed by atoms with Crippen LogP contribution in [0, 0.1) is 5.92 Å². The third-order valence-corrected chi connectivity index (χ3v) is 9.93. The van der Waals surface area contributed by atoms with Crippen molar-refractivity contribution >= 4 is 35.1 Å². The summed E-state index contributed by atoms with van der Waals surface area (Å²) >= 11 is 12.7. The molecule has 0 bridgehead atoms. The first kappa shape index (κ1) is 34.1. The molecule has 246 valence electrons. The number of ether oxygens (including phenoxy) is 1. The Bertz CT molecular complexity index is 1590. The molecule has 3 atom stereocenters. The molecule has 1 aromatic heterocycles. The van der Waals surface area contributed by atoms with Crippen molar-refractivity contribution in [3.63, 3.8) is 0 Å². The Hall–Kier alpha value is -3.24. The SMILES string of the molecule is CCOc1nc(C(C)(C)C)ncc1C1=N[C@@](C)(c2ccc(Cl)cc2)[C@](C)(c2ccc(Cl)cc2)N1C(=O)N1CCC(C(O)CO)CC1. The maximum atomic E-state index is 15.0. The Balaban J connectivity index is 1.74. The molecular weight excluding hydrogens is 625 g/mol. The lowest BCUT2D eigenvalue weighted by Crippen LogP contribution is -2.59. The van der Waals surface area contributed by atoms with Gasteiger partial charge in [0.1, 0.15) is 22.7 Å². The number of aliphatic hydroxyl groups is 2. The fourth-order valence-corrected chi connectivity index (χ4v) is 6.71. The fourth-order valence-electron chi connectivity index (χ4n) is 6.46. The predicted octanol–water partition coefficient (Wildman–Crippen LogP) is 6.56. The molecule has 11 heteroatoms. The van der Waals surface area contributed by atoms with Crippen LogP contribution in [0.5, 0.6) is 5.88 Å². The number of hydrogen-bond donors (Lipinski definition) is 2. The summed E-state index contributed by atoms with van der Waals surface area (Å²) in [6, 6.07) is 14.8. The van der Waals surface area contributed by atoms with Crippen molar-refractivity contribution in [2.45, 2.75) is 77.0 Å². The normalized spacial score (nSPS) is 23.0. The highest BCUT2D eigenvalue weighted by molar-refractivity contribution is 6.30. The lowest BCUT2D eigenvalue weighted by atomic mass is 9.71. The van der Waals surface area contributed by atoms with Crippen molar-refractivity contribution in [3.05, 3.63) is 87.3 Å². The molecule has 9 nitrogen and oxygen atoms in total. The van der Waals surface area contributed by atoms with Gasteiger partial charge in [0.25, 0.3) is 0 Å². The largest absolute Gasteiger partial charge is 0.477 e. The van der Waals surface area contributed by atoms with Crippen molar-refractivity contribution < 1.29 is 19.7 Å². The quantitative estimate of drug-likeness (QED) is 0.295. The summed E-state index contributed by atoms with van der Waals surface area (Å²) in [5, 5.41) is 21.0. The molecule has 3 heterocycles. The molecule has 1 unspecified atom stereocenters. The lowest BCUT2D eigenvalue weighted by molar-refractivity contribution is 0.0193. The van der Waals surface area contributed by atoms with E-state index >= 15 is 0 Å². The molecule has 2 aliphatic heterocycles. The molecule has 0 radical (unpaired) electrons. The maximum Gasteiger partial charge on any atom is 0.326 e. The molecule has 2 amide bonds. The predicted molar refractivity (Wildman–Crippen MR) is 181 cm³/mol. The molecule has 0 spiro atoms. The Morgan fingerprint density at radius 2 is 1.59 bits per heavy atom. The smallest absolute Gasteiger partial charge is 0.326 e. The first-order valence-electron chi connectivity index (χ1n) is 15.7. The van der Waals surface area contributed by atoms with E-state index in [-0.39, 0.29) is 24.0 Å². The van der Waals surface area contributed by atoms with Crippen LogP contribution in [0.4, 0.5) is 4.79 Å². The van der Waals surface area contributed by atoms with Crippen molar-refractivity contribution in [3.8, 4) is 5.88 Å².